The number of rotatable bonds is 10. The molecule has 0 aromatic carbocycles. The standard InChI is InChI=1S/C14H26N4O4S/c1-9(20)16-5-11(17-10(2)21)6-23-7-12(15)13(22)18-14(8-19)3-4-14/h11-12,19H,3-8,15H2,1-2H3,(H,16,20)(H,17,21)(H,18,22)/t11-,12+/m1/s1. The van der Waals surface area contributed by atoms with Gasteiger partial charge in [-0.25, -0.2) is 0 Å². The molecule has 0 bridgehead atoms. The second-order valence-corrected chi connectivity index (χ2v) is 6.98. The van der Waals surface area contributed by atoms with Gasteiger partial charge in [0.25, 0.3) is 0 Å². The number of hydrogen-bond acceptors (Lipinski definition) is 6. The van der Waals surface area contributed by atoms with Crippen LogP contribution in [0.1, 0.15) is 26.7 Å². The van der Waals surface area contributed by atoms with Gasteiger partial charge in [0.2, 0.25) is 17.7 Å². The van der Waals surface area contributed by atoms with Gasteiger partial charge < -0.3 is 26.8 Å². The molecule has 1 aliphatic rings. The van der Waals surface area contributed by atoms with E-state index in [0.717, 1.165) is 12.8 Å². The van der Waals surface area contributed by atoms with Crippen LogP contribution >= 0.6 is 11.8 Å². The smallest absolute Gasteiger partial charge is 0.238 e. The van der Waals surface area contributed by atoms with Crippen molar-refractivity contribution in [1.82, 2.24) is 16.0 Å². The highest BCUT2D eigenvalue weighted by atomic mass is 32.2. The average molecular weight is 346 g/mol. The van der Waals surface area contributed by atoms with Gasteiger partial charge in [0, 0.05) is 31.9 Å². The van der Waals surface area contributed by atoms with Crippen molar-refractivity contribution >= 4 is 29.5 Å². The highest BCUT2D eigenvalue weighted by Gasteiger charge is 2.44. The number of aliphatic hydroxyl groups is 1. The van der Waals surface area contributed by atoms with Crippen molar-refractivity contribution in [3.8, 4) is 0 Å². The summed E-state index contributed by atoms with van der Waals surface area (Å²) in [6.07, 6.45) is 1.55. The van der Waals surface area contributed by atoms with Gasteiger partial charge in [-0.15, -0.1) is 0 Å². The molecule has 3 amide bonds. The zero-order valence-electron chi connectivity index (χ0n) is 13.6. The second-order valence-electron chi connectivity index (χ2n) is 5.91. The van der Waals surface area contributed by atoms with Gasteiger partial charge in [0.1, 0.15) is 0 Å². The van der Waals surface area contributed by atoms with Gasteiger partial charge in [-0.05, 0) is 12.8 Å². The number of amides is 3. The van der Waals surface area contributed by atoms with E-state index in [2.05, 4.69) is 16.0 Å². The number of thioether (sulfide) groups is 1. The Morgan fingerprint density at radius 1 is 1.22 bits per heavy atom. The largest absolute Gasteiger partial charge is 0.394 e. The van der Waals surface area contributed by atoms with Crippen LogP contribution in [0.5, 0.6) is 0 Å². The molecule has 1 aliphatic carbocycles. The van der Waals surface area contributed by atoms with E-state index in [-0.39, 0.29) is 30.4 Å². The predicted octanol–water partition coefficient (Wildman–Crippen LogP) is -1.67. The van der Waals surface area contributed by atoms with E-state index < -0.39 is 11.6 Å². The summed E-state index contributed by atoms with van der Waals surface area (Å²) in [6.45, 7) is 3.08. The highest BCUT2D eigenvalue weighted by Crippen LogP contribution is 2.34. The summed E-state index contributed by atoms with van der Waals surface area (Å²) in [4.78, 5) is 34.0. The Bertz CT molecular complexity index is 442. The Labute approximate surface area is 140 Å². The summed E-state index contributed by atoms with van der Waals surface area (Å²) in [6, 6.07) is -0.897. The topological polar surface area (TPSA) is 134 Å². The van der Waals surface area contributed by atoms with Crippen LogP contribution < -0.4 is 21.7 Å². The molecule has 0 heterocycles. The lowest BCUT2D eigenvalue weighted by Gasteiger charge is -2.20. The zero-order valence-corrected chi connectivity index (χ0v) is 14.4. The number of nitrogens with one attached hydrogen (secondary N) is 3. The second kappa shape index (κ2) is 9.09. The van der Waals surface area contributed by atoms with E-state index in [1.165, 1.54) is 25.6 Å². The quantitative estimate of drug-likeness (QED) is 0.321. The first-order chi connectivity index (χ1) is 10.8. The number of carbonyl (C=O) groups excluding carboxylic acids is 3. The normalized spacial score (nSPS) is 17.7. The minimum Gasteiger partial charge on any atom is -0.394 e. The first kappa shape index (κ1) is 19.7. The monoisotopic (exact) mass is 346 g/mol. The molecule has 0 aliphatic heterocycles. The van der Waals surface area contributed by atoms with Gasteiger partial charge in [0.05, 0.1) is 24.2 Å². The van der Waals surface area contributed by atoms with Crippen LogP contribution in [0, 0.1) is 0 Å². The molecule has 23 heavy (non-hydrogen) atoms. The van der Waals surface area contributed by atoms with Gasteiger partial charge in [-0.2, -0.15) is 11.8 Å². The number of carbonyl (C=O) groups is 3. The third-order valence-corrected chi connectivity index (χ3v) is 4.74. The SMILES string of the molecule is CC(=O)NC[C@H](CSC[C@H](N)C(=O)NC1(CO)CC1)NC(C)=O. The van der Waals surface area contributed by atoms with Crippen molar-refractivity contribution in [2.75, 3.05) is 24.7 Å². The summed E-state index contributed by atoms with van der Waals surface area (Å²) in [5.41, 5.74) is 5.38. The van der Waals surface area contributed by atoms with Crippen molar-refractivity contribution in [3.63, 3.8) is 0 Å². The first-order valence-corrected chi connectivity index (χ1v) is 8.71. The molecule has 9 heteroatoms. The third-order valence-electron chi connectivity index (χ3n) is 3.50. The molecular weight excluding hydrogens is 320 g/mol. The van der Waals surface area contributed by atoms with Crippen LogP contribution in [0.3, 0.4) is 0 Å². The molecule has 2 atom stereocenters. The van der Waals surface area contributed by atoms with Crippen LogP contribution in [-0.4, -0.2) is 65.1 Å². The van der Waals surface area contributed by atoms with E-state index in [4.69, 9.17) is 5.73 Å². The van der Waals surface area contributed by atoms with E-state index in [9.17, 15) is 19.5 Å². The Kier molecular flexibility index (Phi) is 7.80. The fraction of sp³-hybridized carbons (Fsp3) is 0.786. The number of hydrogen-bond donors (Lipinski definition) is 5. The minimum atomic E-state index is -0.678. The van der Waals surface area contributed by atoms with E-state index in [1.807, 2.05) is 0 Å². The van der Waals surface area contributed by atoms with Gasteiger partial charge in [-0.1, -0.05) is 0 Å². The molecule has 6 N–H and O–H groups in total. The molecule has 0 unspecified atom stereocenters. The van der Waals surface area contributed by atoms with E-state index in [1.54, 1.807) is 0 Å². The molecule has 0 aromatic heterocycles. The summed E-state index contributed by atoms with van der Waals surface area (Å²) >= 11 is 1.43. The van der Waals surface area contributed by atoms with E-state index in [0.29, 0.717) is 18.1 Å². The Hall–Kier alpha value is -1.32. The summed E-state index contributed by atoms with van der Waals surface area (Å²) < 4.78 is 0. The van der Waals surface area contributed by atoms with Crippen LogP contribution in [-0.2, 0) is 14.4 Å². The van der Waals surface area contributed by atoms with Crippen LogP contribution in [0.25, 0.3) is 0 Å². The zero-order chi connectivity index (χ0) is 17.5. The van der Waals surface area contributed by atoms with Gasteiger partial charge in [-0.3, -0.25) is 14.4 Å². The molecule has 8 nitrogen and oxygen atoms in total. The Morgan fingerprint density at radius 3 is 2.35 bits per heavy atom. The maximum absolute atomic E-state index is 11.9. The van der Waals surface area contributed by atoms with E-state index >= 15 is 0 Å². The number of nitrogens with two attached hydrogens (primary N) is 1. The lowest BCUT2D eigenvalue weighted by Crippen LogP contribution is -2.49. The first-order valence-electron chi connectivity index (χ1n) is 7.56. The van der Waals surface area contributed by atoms with Crippen molar-refractivity contribution in [1.29, 1.82) is 0 Å². The molecule has 0 radical (unpaired) electrons. The fourth-order valence-corrected chi connectivity index (χ4v) is 2.97. The number of aliphatic hydroxyl groups excluding tert-OH is 1. The maximum Gasteiger partial charge on any atom is 0.238 e. The van der Waals surface area contributed by atoms with Crippen molar-refractivity contribution < 1.29 is 19.5 Å². The van der Waals surface area contributed by atoms with Gasteiger partial charge >= 0.3 is 0 Å². The Balaban J connectivity index is 2.31. The molecule has 1 saturated carbocycles. The molecule has 1 fully saturated rings. The van der Waals surface area contributed by atoms with Crippen LogP contribution in [0.2, 0.25) is 0 Å². The average Bonchev–Trinajstić information content (AvgIpc) is 3.24. The highest BCUT2D eigenvalue weighted by molar-refractivity contribution is 7.99. The molecule has 0 spiro atoms. The van der Waals surface area contributed by atoms with Gasteiger partial charge in [0.15, 0.2) is 0 Å². The molecular formula is C14H26N4O4S. The third kappa shape index (κ3) is 7.67. The lowest BCUT2D eigenvalue weighted by molar-refractivity contribution is -0.123. The lowest BCUT2D eigenvalue weighted by atomic mass is 10.2. The predicted molar refractivity (Wildman–Crippen MR) is 88.8 cm³/mol. The molecule has 1 rings (SSSR count). The fourth-order valence-electron chi connectivity index (χ4n) is 1.95. The van der Waals surface area contributed by atoms with Crippen LogP contribution in [0.4, 0.5) is 0 Å². The molecule has 0 saturated heterocycles. The summed E-state index contributed by atoms with van der Waals surface area (Å²) in [7, 11) is 0. The summed E-state index contributed by atoms with van der Waals surface area (Å²) in [5.74, 6) is 0.305. The Morgan fingerprint density at radius 2 is 1.87 bits per heavy atom. The molecule has 132 valence electrons. The minimum absolute atomic E-state index is 0.0695. The van der Waals surface area contributed by atoms with Crippen molar-refractivity contribution in [3.05, 3.63) is 0 Å². The van der Waals surface area contributed by atoms with Crippen molar-refractivity contribution in [2.24, 2.45) is 5.73 Å². The van der Waals surface area contributed by atoms with Crippen LogP contribution in [0.15, 0.2) is 0 Å². The maximum atomic E-state index is 11.9. The summed E-state index contributed by atoms with van der Waals surface area (Å²) in [5, 5.41) is 17.4. The van der Waals surface area contributed by atoms with Crippen molar-refractivity contribution in [2.45, 2.75) is 44.3 Å². The molecule has 0 aromatic rings.